The van der Waals surface area contributed by atoms with Gasteiger partial charge in [-0.2, -0.15) is 0 Å². The van der Waals surface area contributed by atoms with Gasteiger partial charge in [-0.15, -0.1) is 0 Å². The van der Waals surface area contributed by atoms with E-state index in [-0.39, 0.29) is 23.6 Å². The number of halogens is 1. The summed E-state index contributed by atoms with van der Waals surface area (Å²) in [5.74, 6) is 0.589. The molecule has 1 heterocycles. The first-order valence-corrected chi connectivity index (χ1v) is 6.82. The molecule has 1 saturated heterocycles. The van der Waals surface area contributed by atoms with E-state index in [1.54, 1.807) is 12.1 Å². The Morgan fingerprint density at radius 2 is 2.00 bits per heavy atom. The van der Waals surface area contributed by atoms with E-state index in [0.717, 1.165) is 18.7 Å². The van der Waals surface area contributed by atoms with Crippen LogP contribution in [0.4, 0.5) is 4.39 Å². The Balaban J connectivity index is 1.80. The molecule has 3 nitrogen and oxygen atoms in total. The van der Waals surface area contributed by atoms with Crippen LogP contribution in [0.1, 0.15) is 25.3 Å². The van der Waals surface area contributed by atoms with Gasteiger partial charge in [-0.25, -0.2) is 4.39 Å². The van der Waals surface area contributed by atoms with E-state index in [9.17, 15) is 9.18 Å². The molecule has 104 valence electrons. The van der Waals surface area contributed by atoms with Gasteiger partial charge >= 0.3 is 0 Å². The van der Waals surface area contributed by atoms with Crippen LogP contribution in [0.15, 0.2) is 24.3 Å². The van der Waals surface area contributed by atoms with Gasteiger partial charge in [0.25, 0.3) is 0 Å². The summed E-state index contributed by atoms with van der Waals surface area (Å²) >= 11 is 0. The number of rotatable bonds is 5. The first kappa shape index (κ1) is 14.0. The third kappa shape index (κ3) is 3.53. The highest BCUT2D eigenvalue weighted by Gasteiger charge is 2.28. The van der Waals surface area contributed by atoms with E-state index in [1.807, 2.05) is 13.8 Å². The zero-order valence-electron chi connectivity index (χ0n) is 11.4. The van der Waals surface area contributed by atoms with Crippen molar-refractivity contribution in [2.75, 3.05) is 19.6 Å². The zero-order chi connectivity index (χ0) is 13.8. The lowest BCUT2D eigenvalue weighted by molar-refractivity contribution is -0.126. The number of amides is 1. The monoisotopic (exact) mass is 264 g/mol. The second kappa shape index (κ2) is 6.15. The lowest BCUT2D eigenvalue weighted by Crippen LogP contribution is -2.49. The minimum absolute atomic E-state index is 0.0571. The Morgan fingerprint density at radius 3 is 2.53 bits per heavy atom. The van der Waals surface area contributed by atoms with Crippen LogP contribution in [0, 0.1) is 17.7 Å². The average Bonchev–Trinajstić information content (AvgIpc) is 2.34. The maximum absolute atomic E-state index is 12.8. The maximum atomic E-state index is 12.8. The number of benzene rings is 1. The molecule has 0 aromatic heterocycles. The smallest absolute Gasteiger partial charge is 0.223 e. The third-order valence-electron chi connectivity index (χ3n) is 3.96. The molecule has 1 fully saturated rings. The second-order valence-corrected chi connectivity index (χ2v) is 5.40. The van der Waals surface area contributed by atoms with Crippen molar-refractivity contribution in [3.63, 3.8) is 0 Å². The van der Waals surface area contributed by atoms with E-state index >= 15 is 0 Å². The molecule has 1 amide bonds. The van der Waals surface area contributed by atoms with Gasteiger partial charge in [0.2, 0.25) is 5.91 Å². The summed E-state index contributed by atoms with van der Waals surface area (Å²) in [5.41, 5.74) is 1.04. The first-order chi connectivity index (χ1) is 9.08. The fourth-order valence-corrected chi connectivity index (χ4v) is 2.20. The molecule has 0 saturated carbocycles. The van der Waals surface area contributed by atoms with Crippen LogP contribution in [0.5, 0.6) is 0 Å². The molecule has 1 aromatic rings. The molecule has 4 heteroatoms. The van der Waals surface area contributed by atoms with E-state index in [4.69, 9.17) is 0 Å². The molecule has 0 spiro atoms. The summed E-state index contributed by atoms with van der Waals surface area (Å²) in [6.45, 7) is 6.46. The summed E-state index contributed by atoms with van der Waals surface area (Å²) in [5, 5.41) is 6.16. The standard InChI is InChI=1S/C15H21FN2O/c1-10(12-3-5-14(16)6-4-12)7-18-15(19)11(2)13-8-17-9-13/h3-6,10-11,13,17H,7-9H2,1-2H3,(H,18,19). The lowest BCUT2D eigenvalue weighted by Gasteiger charge is -2.32. The zero-order valence-corrected chi connectivity index (χ0v) is 11.4. The topological polar surface area (TPSA) is 41.1 Å². The fourth-order valence-electron chi connectivity index (χ4n) is 2.20. The largest absolute Gasteiger partial charge is 0.355 e. The lowest BCUT2D eigenvalue weighted by atomic mass is 9.88. The van der Waals surface area contributed by atoms with Crippen molar-refractivity contribution in [2.45, 2.75) is 19.8 Å². The van der Waals surface area contributed by atoms with Crippen molar-refractivity contribution < 1.29 is 9.18 Å². The SMILES string of the molecule is CC(CNC(=O)C(C)C1CNC1)c1ccc(F)cc1. The van der Waals surface area contributed by atoms with Crippen LogP contribution in [-0.4, -0.2) is 25.5 Å². The van der Waals surface area contributed by atoms with Gasteiger partial charge in [0.05, 0.1) is 0 Å². The van der Waals surface area contributed by atoms with Crippen molar-refractivity contribution >= 4 is 5.91 Å². The molecule has 2 rings (SSSR count). The Kier molecular flexibility index (Phi) is 4.53. The van der Waals surface area contributed by atoms with Crippen molar-refractivity contribution in [3.8, 4) is 0 Å². The summed E-state index contributed by atoms with van der Waals surface area (Å²) in [4.78, 5) is 12.0. The van der Waals surface area contributed by atoms with Crippen LogP contribution in [0.2, 0.25) is 0 Å². The fraction of sp³-hybridized carbons (Fsp3) is 0.533. The van der Waals surface area contributed by atoms with Gasteiger partial charge < -0.3 is 10.6 Å². The predicted molar refractivity (Wildman–Crippen MR) is 73.3 cm³/mol. The Morgan fingerprint density at radius 1 is 1.37 bits per heavy atom. The van der Waals surface area contributed by atoms with Gasteiger partial charge in [0.15, 0.2) is 0 Å². The summed E-state index contributed by atoms with van der Waals surface area (Å²) < 4.78 is 12.8. The molecule has 1 aliphatic rings. The van der Waals surface area contributed by atoms with Gasteiger partial charge in [0.1, 0.15) is 5.82 Å². The molecule has 2 unspecified atom stereocenters. The van der Waals surface area contributed by atoms with Crippen LogP contribution in [0.25, 0.3) is 0 Å². The maximum Gasteiger partial charge on any atom is 0.223 e. The number of hydrogen-bond acceptors (Lipinski definition) is 2. The number of nitrogens with one attached hydrogen (secondary N) is 2. The van der Waals surface area contributed by atoms with E-state index in [0.29, 0.717) is 12.5 Å². The molecular weight excluding hydrogens is 243 g/mol. The second-order valence-electron chi connectivity index (χ2n) is 5.40. The Hall–Kier alpha value is -1.42. The molecule has 0 aliphatic carbocycles. The molecule has 1 aliphatic heterocycles. The minimum Gasteiger partial charge on any atom is -0.355 e. The molecule has 19 heavy (non-hydrogen) atoms. The molecule has 2 N–H and O–H groups in total. The predicted octanol–water partition coefficient (Wildman–Crippen LogP) is 1.90. The molecular formula is C15H21FN2O. The van der Waals surface area contributed by atoms with E-state index in [2.05, 4.69) is 10.6 Å². The van der Waals surface area contributed by atoms with E-state index in [1.165, 1.54) is 12.1 Å². The summed E-state index contributed by atoms with van der Waals surface area (Å²) in [7, 11) is 0. The van der Waals surface area contributed by atoms with Crippen molar-refractivity contribution in [1.82, 2.24) is 10.6 Å². The highest BCUT2D eigenvalue weighted by Crippen LogP contribution is 2.17. The van der Waals surface area contributed by atoms with Crippen LogP contribution in [0.3, 0.4) is 0 Å². The van der Waals surface area contributed by atoms with Crippen molar-refractivity contribution in [3.05, 3.63) is 35.6 Å². The minimum atomic E-state index is -0.230. The third-order valence-corrected chi connectivity index (χ3v) is 3.96. The highest BCUT2D eigenvalue weighted by atomic mass is 19.1. The number of carbonyl (C=O) groups is 1. The van der Waals surface area contributed by atoms with Gasteiger partial charge in [-0.3, -0.25) is 4.79 Å². The average molecular weight is 264 g/mol. The van der Waals surface area contributed by atoms with Crippen molar-refractivity contribution in [2.24, 2.45) is 11.8 Å². The highest BCUT2D eigenvalue weighted by molar-refractivity contribution is 5.78. The molecule has 0 radical (unpaired) electrons. The molecule has 1 aromatic carbocycles. The summed E-state index contributed by atoms with van der Waals surface area (Å²) in [6.07, 6.45) is 0. The normalized spacial score (nSPS) is 18.5. The van der Waals surface area contributed by atoms with Gasteiger partial charge in [0, 0.05) is 12.5 Å². The van der Waals surface area contributed by atoms with Gasteiger partial charge in [-0.1, -0.05) is 26.0 Å². The van der Waals surface area contributed by atoms with E-state index < -0.39 is 0 Å². The first-order valence-electron chi connectivity index (χ1n) is 6.82. The Bertz CT molecular complexity index is 428. The van der Waals surface area contributed by atoms with Gasteiger partial charge in [-0.05, 0) is 42.6 Å². The number of hydrogen-bond donors (Lipinski definition) is 2. The summed E-state index contributed by atoms with van der Waals surface area (Å²) in [6, 6.07) is 6.45. The van der Waals surface area contributed by atoms with Crippen molar-refractivity contribution in [1.29, 1.82) is 0 Å². The molecule has 0 bridgehead atoms. The quantitative estimate of drug-likeness (QED) is 0.853. The molecule has 2 atom stereocenters. The van der Waals surface area contributed by atoms with Crippen LogP contribution >= 0.6 is 0 Å². The Labute approximate surface area is 113 Å². The number of carbonyl (C=O) groups excluding carboxylic acids is 1. The van der Waals surface area contributed by atoms with Crippen LogP contribution in [-0.2, 0) is 4.79 Å². The van der Waals surface area contributed by atoms with Crippen LogP contribution < -0.4 is 10.6 Å².